The fourth-order valence-electron chi connectivity index (χ4n) is 0.323. The van der Waals surface area contributed by atoms with E-state index in [9.17, 15) is 8.42 Å². The van der Waals surface area contributed by atoms with E-state index in [2.05, 4.69) is 0 Å². The first kappa shape index (κ1) is 8.79. The smallest absolute Gasteiger partial charge is 0.192 e. The van der Waals surface area contributed by atoms with Crippen LogP contribution in [0.5, 0.6) is 0 Å². The molecule has 0 aromatic rings. The molecule has 0 fully saturated rings. The molecule has 0 aliphatic carbocycles. The molecule has 0 saturated heterocycles. The average molecular weight is 165 g/mol. The fraction of sp³-hybridized carbons (Fsp3) is 0.750. The summed E-state index contributed by atoms with van der Waals surface area (Å²) >= 11 is 1.03. The minimum Gasteiger partial charge on any atom is -0.227 e. The predicted octanol–water partition coefficient (Wildman–Crippen LogP) is 0.244. The summed E-state index contributed by atoms with van der Waals surface area (Å²) in [4.78, 5) is 0. The van der Waals surface area contributed by atoms with Gasteiger partial charge in [0.2, 0.25) is 0 Å². The van der Waals surface area contributed by atoms with Crippen LogP contribution in [0.4, 0.5) is 0 Å². The Hall–Kier alpha value is -0.210. The van der Waals surface area contributed by atoms with Gasteiger partial charge in [0, 0.05) is 6.26 Å². The molecule has 0 heterocycles. The van der Waals surface area contributed by atoms with Crippen molar-refractivity contribution in [1.29, 1.82) is 5.26 Å². The molecule has 0 amide bonds. The van der Waals surface area contributed by atoms with Gasteiger partial charge in [0.1, 0.15) is 0 Å². The summed E-state index contributed by atoms with van der Waals surface area (Å²) in [5.41, 5.74) is 0. The first-order valence-corrected chi connectivity index (χ1v) is 5.38. The van der Waals surface area contributed by atoms with Gasteiger partial charge in [0.05, 0.1) is 6.07 Å². The van der Waals surface area contributed by atoms with Crippen LogP contribution in [-0.2, 0) is 9.84 Å². The first-order valence-electron chi connectivity index (χ1n) is 2.13. The van der Waals surface area contributed by atoms with E-state index in [0.717, 1.165) is 18.0 Å². The van der Waals surface area contributed by atoms with Crippen molar-refractivity contribution in [2.24, 2.45) is 0 Å². The molecule has 9 heavy (non-hydrogen) atoms. The van der Waals surface area contributed by atoms with Crippen LogP contribution in [0.1, 0.15) is 0 Å². The molecule has 0 spiro atoms. The van der Waals surface area contributed by atoms with Crippen LogP contribution in [0.2, 0.25) is 0 Å². The van der Waals surface area contributed by atoms with Crippen molar-refractivity contribution in [3.05, 3.63) is 0 Å². The minimum absolute atomic E-state index is 0.905. The number of rotatable bonds is 2. The zero-order chi connectivity index (χ0) is 7.49. The van der Waals surface area contributed by atoms with Crippen molar-refractivity contribution in [3.63, 3.8) is 0 Å². The van der Waals surface area contributed by atoms with Crippen LogP contribution < -0.4 is 0 Å². The number of thioether (sulfide) groups is 1. The van der Waals surface area contributed by atoms with E-state index in [1.165, 1.54) is 0 Å². The third-order valence-electron chi connectivity index (χ3n) is 0.708. The van der Waals surface area contributed by atoms with Gasteiger partial charge in [-0.1, -0.05) is 0 Å². The van der Waals surface area contributed by atoms with Gasteiger partial charge in [-0.25, -0.2) is 8.42 Å². The summed E-state index contributed by atoms with van der Waals surface area (Å²) in [7, 11) is -3.16. The Morgan fingerprint density at radius 2 is 2.11 bits per heavy atom. The minimum atomic E-state index is -3.16. The highest BCUT2D eigenvalue weighted by Crippen LogP contribution is 2.10. The van der Waals surface area contributed by atoms with Crippen molar-refractivity contribution in [2.75, 3.05) is 12.5 Å². The Kier molecular flexibility index (Phi) is 3.01. The molecule has 0 rings (SSSR count). The maximum absolute atomic E-state index is 10.6. The lowest BCUT2D eigenvalue weighted by atomic mass is 10.9. The molecule has 0 aromatic heterocycles. The van der Waals surface area contributed by atoms with Crippen LogP contribution in [0.3, 0.4) is 0 Å². The second-order valence-electron chi connectivity index (χ2n) is 1.53. The molecule has 1 atom stereocenters. The van der Waals surface area contributed by atoms with Crippen LogP contribution in [0, 0.1) is 11.3 Å². The lowest BCUT2D eigenvalue weighted by Gasteiger charge is -1.99. The summed E-state index contributed by atoms with van der Waals surface area (Å²) in [6.07, 6.45) is 2.65. The summed E-state index contributed by atoms with van der Waals surface area (Å²) < 4.78 is 20.2. The van der Waals surface area contributed by atoms with Crippen molar-refractivity contribution >= 4 is 21.6 Å². The second kappa shape index (κ2) is 3.08. The molecule has 0 N–H and O–H groups in total. The summed E-state index contributed by atoms with van der Waals surface area (Å²) in [5, 5.41) is 8.21. The maximum Gasteiger partial charge on any atom is 0.192 e. The van der Waals surface area contributed by atoms with Gasteiger partial charge >= 0.3 is 0 Å². The maximum atomic E-state index is 10.6. The predicted molar refractivity (Wildman–Crippen MR) is 37.8 cm³/mol. The highest BCUT2D eigenvalue weighted by molar-refractivity contribution is 8.13. The van der Waals surface area contributed by atoms with Crippen LogP contribution in [-0.4, -0.2) is 25.5 Å². The Morgan fingerprint density at radius 1 is 1.67 bits per heavy atom. The number of hydrogen-bond acceptors (Lipinski definition) is 4. The number of nitrogens with zero attached hydrogens (tertiary/aromatic N) is 1. The van der Waals surface area contributed by atoms with Crippen molar-refractivity contribution in [2.45, 2.75) is 4.58 Å². The average Bonchev–Trinajstić information content (AvgIpc) is 1.65. The molecular formula is C4H7NO2S2. The van der Waals surface area contributed by atoms with Gasteiger partial charge in [-0.2, -0.15) is 5.26 Å². The van der Waals surface area contributed by atoms with Crippen molar-refractivity contribution in [3.8, 4) is 6.07 Å². The van der Waals surface area contributed by atoms with Gasteiger partial charge in [-0.3, -0.25) is 0 Å². The van der Waals surface area contributed by atoms with E-state index < -0.39 is 14.4 Å². The van der Waals surface area contributed by atoms with E-state index in [1.807, 2.05) is 0 Å². The fourth-order valence-corrected chi connectivity index (χ4v) is 2.02. The van der Waals surface area contributed by atoms with E-state index >= 15 is 0 Å². The van der Waals surface area contributed by atoms with Crippen molar-refractivity contribution in [1.82, 2.24) is 0 Å². The summed E-state index contributed by atoms with van der Waals surface area (Å²) in [6, 6.07) is 1.67. The molecule has 0 aliphatic rings. The largest absolute Gasteiger partial charge is 0.227 e. The topological polar surface area (TPSA) is 57.9 Å². The molecule has 1 unspecified atom stereocenters. The number of hydrogen-bond donors (Lipinski definition) is 0. The van der Waals surface area contributed by atoms with Crippen molar-refractivity contribution < 1.29 is 8.42 Å². The Bertz CT molecular complexity index is 213. The molecule has 5 heteroatoms. The first-order chi connectivity index (χ1) is 4.02. The lowest BCUT2D eigenvalue weighted by molar-refractivity contribution is 0.603. The Labute approximate surface area is 59.0 Å². The summed E-state index contributed by atoms with van der Waals surface area (Å²) in [5.74, 6) is 0. The Balaban J connectivity index is 4.38. The molecule has 0 saturated carbocycles. The van der Waals surface area contributed by atoms with E-state index in [4.69, 9.17) is 5.26 Å². The molecule has 0 aromatic carbocycles. The van der Waals surface area contributed by atoms with Crippen LogP contribution in [0.25, 0.3) is 0 Å². The highest BCUT2D eigenvalue weighted by atomic mass is 32.3. The quantitative estimate of drug-likeness (QED) is 0.588. The number of nitriles is 1. The van der Waals surface area contributed by atoms with Gasteiger partial charge in [-0.05, 0) is 6.26 Å². The molecule has 3 nitrogen and oxygen atoms in total. The lowest BCUT2D eigenvalue weighted by Crippen LogP contribution is -2.12. The highest BCUT2D eigenvalue weighted by Gasteiger charge is 2.17. The third-order valence-corrected chi connectivity index (χ3v) is 3.75. The zero-order valence-corrected chi connectivity index (χ0v) is 6.79. The van der Waals surface area contributed by atoms with E-state index in [0.29, 0.717) is 0 Å². The second-order valence-corrected chi connectivity index (χ2v) is 4.90. The normalized spacial score (nSPS) is 14.3. The van der Waals surface area contributed by atoms with Crippen LogP contribution >= 0.6 is 11.8 Å². The Morgan fingerprint density at radius 3 is 2.11 bits per heavy atom. The third kappa shape index (κ3) is 2.72. The molecular weight excluding hydrogens is 158 g/mol. The van der Waals surface area contributed by atoms with Gasteiger partial charge in [0.15, 0.2) is 14.4 Å². The van der Waals surface area contributed by atoms with E-state index in [-0.39, 0.29) is 0 Å². The monoisotopic (exact) mass is 165 g/mol. The standard InChI is InChI=1S/C4H7NO2S2/c1-8-4(3-5)9(2,6)7/h4H,1-2H3. The molecule has 0 radical (unpaired) electrons. The van der Waals surface area contributed by atoms with Gasteiger partial charge in [0.25, 0.3) is 0 Å². The van der Waals surface area contributed by atoms with Gasteiger partial charge < -0.3 is 0 Å². The van der Waals surface area contributed by atoms with E-state index in [1.54, 1.807) is 12.3 Å². The molecule has 52 valence electrons. The SMILES string of the molecule is CSC(C#N)S(C)(=O)=O. The molecule has 0 bridgehead atoms. The molecule has 0 aliphatic heterocycles. The zero-order valence-electron chi connectivity index (χ0n) is 5.16. The van der Waals surface area contributed by atoms with Crippen LogP contribution in [0.15, 0.2) is 0 Å². The number of sulfone groups is 1. The summed E-state index contributed by atoms with van der Waals surface area (Å²) in [6.45, 7) is 0. The van der Waals surface area contributed by atoms with Gasteiger partial charge in [-0.15, -0.1) is 11.8 Å².